The van der Waals surface area contributed by atoms with Gasteiger partial charge >= 0.3 is 39.5 Å². The molecule has 17 nitrogen and oxygen atoms in total. The summed E-state index contributed by atoms with van der Waals surface area (Å²) in [5.41, 5.74) is 0. The largest absolute Gasteiger partial charge is 0.472 e. The monoisotopic (exact) mass is 1460 g/mol. The zero-order chi connectivity index (χ0) is 74.6. The van der Waals surface area contributed by atoms with E-state index in [-0.39, 0.29) is 25.7 Å². The molecule has 0 aromatic carbocycles. The van der Waals surface area contributed by atoms with Crippen LogP contribution in [-0.2, 0) is 65.4 Å². The van der Waals surface area contributed by atoms with Gasteiger partial charge in [0, 0.05) is 25.7 Å². The highest BCUT2D eigenvalue weighted by molar-refractivity contribution is 7.47. The number of hydrogen-bond donors (Lipinski definition) is 3. The van der Waals surface area contributed by atoms with Crippen LogP contribution in [0.5, 0.6) is 0 Å². The number of phosphoric ester groups is 2. The Bertz CT molecular complexity index is 2600. The van der Waals surface area contributed by atoms with E-state index in [1.807, 2.05) is 24.3 Å². The highest BCUT2D eigenvalue weighted by Crippen LogP contribution is 2.45. The number of rotatable bonds is 70. The second-order valence-electron chi connectivity index (χ2n) is 24.8. The van der Waals surface area contributed by atoms with Gasteiger partial charge in [0.1, 0.15) is 19.3 Å². The Hall–Kier alpha value is -5.58. The molecule has 0 fully saturated rings. The van der Waals surface area contributed by atoms with Crippen molar-refractivity contribution in [1.29, 1.82) is 0 Å². The molecule has 5 atom stereocenters. The Morgan fingerprint density at radius 2 is 0.529 bits per heavy atom. The number of unbranched alkanes of at least 4 members (excludes halogenated alkanes) is 16. The van der Waals surface area contributed by atoms with Crippen molar-refractivity contribution < 1.29 is 80.2 Å². The maximum atomic E-state index is 13.1. The lowest BCUT2D eigenvalue weighted by atomic mass is 10.1. The molecule has 19 heteroatoms. The molecule has 0 rings (SSSR count). The van der Waals surface area contributed by atoms with Crippen LogP contribution in [0.4, 0.5) is 0 Å². The molecule has 0 aromatic heterocycles. The number of hydrogen-bond acceptors (Lipinski definition) is 15. The fourth-order valence-corrected chi connectivity index (χ4v) is 11.0. The van der Waals surface area contributed by atoms with E-state index in [1.165, 1.54) is 38.5 Å². The lowest BCUT2D eigenvalue weighted by Crippen LogP contribution is -2.30. The van der Waals surface area contributed by atoms with Crippen LogP contribution in [0.1, 0.15) is 272 Å². The molecule has 3 N–H and O–H groups in total. The maximum Gasteiger partial charge on any atom is 0.472 e. The first-order valence-electron chi connectivity index (χ1n) is 38.4. The number of aliphatic hydroxyl groups excluding tert-OH is 1. The molecule has 0 amide bonds. The first kappa shape index (κ1) is 96.4. The molecule has 5 unspecified atom stereocenters. The first-order valence-corrected chi connectivity index (χ1v) is 41.4. The summed E-state index contributed by atoms with van der Waals surface area (Å²) >= 11 is 0. The molecule has 578 valence electrons. The molecule has 0 heterocycles. The zero-order valence-electron chi connectivity index (χ0n) is 63.0. The number of phosphoric acid groups is 2. The van der Waals surface area contributed by atoms with Crippen LogP contribution < -0.4 is 0 Å². The molecule has 0 aromatic rings. The van der Waals surface area contributed by atoms with Gasteiger partial charge in [-0.3, -0.25) is 37.3 Å². The van der Waals surface area contributed by atoms with Crippen LogP contribution in [0.15, 0.2) is 170 Å². The highest BCUT2D eigenvalue weighted by Gasteiger charge is 2.30. The average Bonchev–Trinajstić information content (AvgIpc) is 0.939. The van der Waals surface area contributed by atoms with Gasteiger partial charge in [-0.2, -0.15) is 0 Å². The van der Waals surface area contributed by atoms with Crippen LogP contribution >= 0.6 is 15.6 Å². The van der Waals surface area contributed by atoms with Crippen molar-refractivity contribution in [3.8, 4) is 0 Å². The predicted octanol–water partition coefficient (Wildman–Crippen LogP) is 22.2. The lowest BCUT2D eigenvalue weighted by Gasteiger charge is -2.21. The molecule has 0 bridgehead atoms. The number of allylic oxidation sites excluding steroid dienone is 28. The second kappa shape index (κ2) is 73.7. The first-order chi connectivity index (χ1) is 49.7. The molecular formula is C83H134O17P2. The number of esters is 4. The molecule has 0 aliphatic heterocycles. The average molecular weight is 1470 g/mol. The summed E-state index contributed by atoms with van der Waals surface area (Å²) in [6.45, 7) is 4.33. The maximum absolute atomic E-state index is 13.1. The van der Waals surface area contributed by atoms with Crippen LogP contribution in [0.3, 0.4) is 0 Å². The van der Waals surface area contributed by atoms with Crippen LogP contribution in [0, 0.1) is 0 Å². The van der Waals surface area contributed by atoms with E-state index in [9.17, 15) is 43.2 Å². The third-order valence-corrected chi connectivity index (χ3v) is 17.1. The van der Waals surface area contributed by atoms with E-state index in [0.717, 1.165) is 141 Å². The third kappa shape index (κ3) is 72.8. The number of carbonyl (C=O) groups excluding carboxylic acids is 4. The van der Waals surface area contributed by atoms with Gasteiger partial charge in [-0.1, -0.05) is 275 Å². The van der Waals surface area contributed by atoms with E-state index < -0.39 is 97.5 Å². The van der Waals surface area contributed by atoms with E-state index in [1.54, 1.807) is 0 Å². The van der Waals surface area contributed by atoms with Crippen LogP contribution in [0.2, 0.25) is 0 Å². The molecule has 0 aliphatic rings. The van der Waals surface area contributed by atoms with Crippen molar-refractivity contribution >= 4 is 39.5 Å². The van der Waals surface area contributed by atoms with Gasteiger partial charge in [0.05, 0.1) is 26.4 Å². The van der Waals surface area contributed by atoms with Crippen molar-refractivity contribution in [3.05, 3.63) is 170 Å². The van der Waals surface area contributed by atoms with Crippen molar-refractivity contribution in [2.24, 2.45) is 0 Å². The Morgan fingerprint density at radius 1 is 0.284 bits per heavy atom. The SMILES string of the molecule is CC/C=C\C/C=C\C/C=C\C/C=C\C/C=C\C/C=C\CCC(=O)OCC(COP(=O)(O)OCC(O)COP(=O)(O)OCC(COC(=O)CCCCCC/C=C\C/C=C\C/C=C\C/C=C\CC)OC(=O)CCCCCCCCCCCCC)OC(=O)CCCC/C=C\C/C=C\C/C=C\C/C=C\CC. The minimum Gasteiger partial charge on any atom is -0.462 e. The topological polar surface area (TPSA) is 237 Å². The number of carbonyl (C=O) groups is 4. The summed E-state index contributed by atoms with van der Waals surface area (Å²) in [5, 5.41) is 10.6. The Labute approximate surface area is 616 Å². The van der Waals surface area contributed by atoms with Crippen molar-refractivity contribution in [1.82, 2.24) is 0 Å². The quantitative estimate of drug-likeness (QED) is 0.0169. The Balaban J connectivity index is 5.46. The fourth-order valence-electron chi connectivity index (χ4n) is 9.46. The summed E-state index contributed by atoms with van der Waals surface area (Å²) in [4.78, 5) is 72.8. The summed E-state index contributed by atoms with van der Waals surface area (Å²) in [7, 11) is -10.0. The third-order valence-electron chi connectivity index (χ3n) is 15.2. The summed E-state index contributed by atoms with van der Waals surface area (Å²) in [5.74, 6) is -2.36. The summed E-state index contributed by atoms with van der Waals surface area (Å²) in [6, 6.07) is 0. The summed E-state index contributed by atoms with van der Waals surface area (Å²) in [6.07, 6.45) is 86.5. The summed E-state index contributed by atoms with van der Waals surface area (Å²) < 4.78 is 68.3. The number of aliphatic hydroxyl groups is 1. The van der Waals surface area contributed by atoms with E-state index in [2.05, 4.69) is 174 Å². The molecule has 0 radical (unpaired) electrons. The predicted molar refractivity (Wildman–Crippen MR) is 417 cm³/mol. The minimum atomic E-state index is -5.01. The molecule has 102 heavy (non-hydrogen) atoms. The fraction of sp³-hybridized carbons (Fsp3) is 0.614. The molecule has 0 saturated carbocycles. The van der Waals surface area contributed by atoms with Crippen LogP contribution in [-0.4, -0.2) is 96.7 Å². The second-order valence-corrected chi connectivity index (χ2v) is 27.7. The molecule has 0 spiro atoms. The van der Waals surface area contributed by atoms with Crippen LogP contribution in [0.25, 0.3) is 0 Å². The van der Waals surface area contributed by atoms with Gasteiger partial charge in [0.15, 0.2) is 12.2 Å². The van der Waals surface area contributed by atoms with Gasteiger partial charge in [-0.25, -0.2) is 9.13 Å². The van der Waals surface area contributed by atoms with E-state index in [0.29, 0.717) is 38.5 Å². The molecule has 0 aliphatic carbocycles. The van der Waals surface area contributed by atoms with Crippen molar-refractivity contribution in [2.45, 2.75) is 290 Å². The lowest BCUT2D eigenvalue weighted by molar-refractivity contribution is -0.161. The number of ether oxygens (including phenoxy) is 4. The van der Waals surface area contributed by atoms with Gasteiger partial charge < -0.3 is 33.8 Å². The van der Waals surface area contributed by atoms with Crippen molar-refractivity contribution in [2.75, 3.05) is 39.6 Å². The van der Waals surface area contributed by atoms with Gasteiger partial charge in [0.2, 0.25) is 0 Å². The van der Waals surface area contributed by atoms with E-state index >= 15 is 0 Å². The van der Waals surface area contributed by atoms with Gasteiger partial charge in [0.25, 0.3) is 0 Å². The highest BCUT2D eigenvalue weighted by atomic mass is 31.2. The molecule has 0 saturated heterocycles. The Morgan fingerprint density at radius 3 is 0.863 bits per heavy atom. The van der Waals surface area contributed by atoms with Crippen molar-refractivity contribution in [3.63, 3.8) is 0 Å². The minimum absolute atomic E-state index is 0.0204. The zero-order valence-corrected chi connectivity index (χ0v) is 64.8. The Kier molecular flexibility index (Phi) is 69.7. The van der Waals surface area contributed by atoms with Gasteiger partial charge in [-0.15, -0.1) is 0 Å². The normalized spacial score (nSPS) is 14.9. The standard InChI is InChI=1S/C83H134O17P2/c1-5-9-13-17-21-25-29-32-35-37-38-40-43-45-49-52-56-60-64-68-81(86)94-74-79(100-83(88)70-66-62-58-54-50-46-41-34-31-27-23-19-15-11-7-3)76-98-102(91,92)96-72-77(84)71-95-101(89,90)97-75-78(99-82(87)69-65-61-57-53-47-28-24-20-16-12-8-4)73-93-80(85)67-63-59-55-51-48-44-42-39-36-33-30-26-22-18-14-10-6-2/h9-11,13-15,21-23,25-27,32-36,38,40-42,44-45,49-50,54,56,60,77-79,84H,5-8,12,16-20,24,28-31,37,39,43,46-48,51-53,55,57-59,61-76H2,1-4H3,(H,89,90)(H,91,92)/b13-9-,14-10-,15-11-,25-21-,26-22-,27-23-,35-32-,36-33-,40-38-,41-34-,44-42-,49-45-,54-50-,60-56-. The molecular weight excluding hydrogens is 1330 g/mol. The van der Waals surface area contributed by atoms with E-state index in [4.69, 9.17) is 37.0 Å². The smallest absolute Gasteiger partial charge is 0.462 e. The van der Waals surface area contributed by atoms with Gasteiger partial charge in [-0.05, 0) is 141 Å².